The molecule has 4 heterocycles. The van der Waals surface area contributed by atoms with E-state index < -0.39 is 36.0 Å². The highest BCUT2D eigenvalue weighted by atomic mass is 32.2. The lowest BCUT2D eigenvalue weighted by molar-refractivity contribution is -0.155. The van der Waals surface area contributed by atoms with E-state index in [4.69, 9.17) is 11.5 Å². The van der Waals surface area contributed by atoms with Crippen LogP contribution in [0.1, 0.15) is 6.42 Å². The molecule has 0 aliphatic carbocycles. The fourth-order valence-electron chi connectivity index (χ4n) is 4.53. The quantitative estimate of drug-likeness (QED) is 0.372. The van der Waals surface area contributed by atoms with Gasteiger partial charge >= 0.3 is 18.0 Å². The van der Waals surface area contributed by atoms with Gasteiger partial charge in [-0.2, -0.15) is 0 Å². The summed E-state index contributed by atoms with van der Waals surface area (Å²) in [6.07, 6.45) is 0.383. The molecule has 0 bridgehead atoms. The number of nitrogens with zero attached hydrogens (tertiary/aromatic N) is 4. The van der Waals surface area contributed by atoms with Crippen LogP contribution in [0.2, 0.25) is 0 Å². The molecule has 15 heteroatoms. The molecule has 1 aromatic heterocycles. The molecule has 3 aliphatic rings. The maximum atomic E-state index is 13.0. The summed E-state index contributed by atoms with van der Waals surface area (Å²) >= 11 is 2.26. The second-order valence-electron chi connectivity index (χ2n) is 7.84. The molecule has 176 valence electrons. The Morgan fingerprint density at radius 1 is 1.15 bits per heavy atom. The number of urea groups is 2. The average molecular weight is 503 g/mol. The lowest BCUT2D eigenvalue weighted by Gasteiger charge is -2.49. The van der Waals surface area contributed by atoms with Crippen LogP contribution < -0.4 is 22.1 Å². The number of carbonyl (C=O) groups excluding carboxylic acids is 3. The minimum absolute atomic E-state index is 0.0823. The van der Waals surface area contributed by atoms with E-state index in [1.165, 1.54) is 9.80 Å². The van der Waals surface area contributed by atoms with Crippen LogP contribution in [0.4, 0.5) is 26.1 Å². The Kier molecular flexibility index (Phi) is 5.28. The lowest BCUT2D eigenvalue weighted by atomic mass is 9.82. The first-order valence-electron chi connectivity index (χ1n) is 10.0. The van der Waals surface area contributed by atoms with E-state index in [0.29, 0.717) is 33.6 Å². The average Bonchev–Trinajstić information content (AvgIpc) is 3.35. The number of nitrogens with one attached hydrogen (secondary N) is 2. The van der Waals surface area contributed by atoms with Gasteiger partial charge in [0.1, 0.15) is 11.7 Å². The van der Waals surface area contributed by atoms with Crippen molar-refractivity contribution in [1.29, 1.82) is 0 Å². The fraction of sp³-hybridized carbons (Fsp3) is 0.263. The molecule has 0 saturated carbocycles. The predicted molar refractivity (Wildman–Crippen MR) is 123 cm³/mol. The standard InChI is InChI=1S/C19H18N8O5S2/c20-16(31)22-8-1-3-9(4-2-8)23-18(32)26-6-7-5-10(33-19-25-24-17(21)34-19)12(15(29)30)27-11(7)13(26)14(27)28/h1-4,7,11,13H,5-6H2,(H2,21,24)(H,23,32)(H,29,30)(H3,20,22,31)/t7-,11-,13+/m1/s1. The SMILES string of the molecule is NC(=O)Nc1ccc(NC(=O)N2C[C@H]3CC(Sc4nnc(N)s4)=C(C(=O)O)N4C(=O)[C@@H]2[C@@H]34)cc1. The number of β-lactam (4-membered cyclic amide) rings is 1. The number of rotatable bonds is 5. The molecule has 5 amide bonds. The van der Waals surface area contributed by atoms with Crippen molar-refractivity contribution in [1.82, 2.24) is 20.0 Å². The van der Waals surface area contributed by atoms with Crippen LogP contribution in [0, 0.1) is 5.92 Å². The van der Waals surface area contributed by atoms with Crippen LogP contribution in [0.15, 0.2) is 39.2 Å². The lowest BCUT2D eigenvalue weighted by Crippen LogP contribution is -2.69. The normalized spacial score (nSPS) is 22.8. The van der Waals surface area contributed by atoms with Gasteiger partial charge in [0, 0.05) is 28.7 Å². The third-order valence-corrected chi connectivity index (χ3v) is 7.72. The molecule has 1 aromatic carbocycles. The zero-order chi connectivity index (χ0) is 24.1. The second-order valence-corrected chi connectivity index (χ2v) is 10.2. The molecule has 0 radical (unpaired) electrons. The number of primary amides is 1. The molecule has 7 N–H and O–H groups in total. The Labute approximate surface area is 200 Å². The van der Waals surface area contributed by atoms with E-state index in [9.17, 15) is 24.3 Å². The van der Waals surface area contributed by atoms with E-state index in [-0.39, 0.29) is 16.7 Å². The number of hydrogen-bond acceptors (Lipinski definition) is 9. The smallest absolute Gasteiger partial charge is 0.353 e. The number of likely N-dealkylation sites (tertiary alicyclic amines) is 1. The van der Waals surface area contributed by atoms with Crippen molar-refractivity contribution in [3.8, 4) is 0 Å². The van der Waals surface area contributed by atoms with Crippen molar-refractivity contribution < 1.29 is 24.3 Å². The molecular weight excluding hydrogens is 484 g/mol. The summed E-state index contributed by atoms with van der Waals surface area (Å²) in [4.78, 5) is 52.1. The molecule has 0 unspecified atom stereocenters. The number of allylic oxidation sites excluding steroid dienone is 1. The molecule has 0 spiro atoms. The van der Waals surface area contributed by atoms with Crippen molar-refractivity contribution in [2.45, 2.75) is 22.8 Å². The van der Waals surface area contributed by atoms with Crippen LogP contribution in [-0.2, 0) is 9.59 Å². The fourth-order valence-corrected chi connectivity index (χ4v) is 6.47. The zero-order valence-electron chi connectivity index (χ0n) is 17.3. The Morgan fingerprint density at radius 2 is 1.82 bits per heavy atom. The van der Waals surface area contributed by atoms with Crippen LogP contribution in [0.3, 0.4) is 0 Å². The van der Waals surface area contributed by atoms with E-state index in [1.807, 2.05) is 0 Å². The molecule has 3 atom stereocenters. The molecule has 13 nitrogen and oxygen atoms in total. The number of anilines is 3. The number of aliphatic carboxylic acids is 1. The van der Waals surface area contributed by atoms with Gasteiger partial charge in [-0.1, -0.05) is 23.1 Å². The Hall–Kier alpha value is -3.85. The van der Waals surface area contributed by atoms with Crippen molar-refractivity contribution in [3.05, 3.63) is 34.9 Å². The van der Waals surface area contributed by atoms with Gasteiger partial charge in [0.25, 0.3) is 5.91 Å². The summed E-state index contributed by atoms with van der Waals surface area (Å²) in [5.74, 6) is -1.76. The van der Waals surface area contributed by atoms with E-state index >= 15 is 0 Å². The van der Waals surface area contributed by atoms with E-state index in [2.05, 4.69) is 20.8 Å². The van der Waals surface area contributed by atoms with E-state index in [1.54, 1.807) is 24.3 Å². The van der Waals surface area contributed by atoms with E-state index in [0.717, 1.165) is 23.1 Å². The minimum atomic E-state index is -1.21. The number of benzene rings is 1. The van der Waals surface area contributed by atoms with Crippen molar-refractivity contribution in [2.24, 2.45) is 11.7 Å². The molecule has 5 rings (SSSR count). The van der Waals surface area contributed by atoms with Gasteiger partial charge in [0.05, 0.1) is 6.04 Å². The summed E-state index contributed by atoms with van der Waals surface area (Å²) in [6, 6.07) is 4.05. The van der Waals surface area contributed by atoms with Gasteiger partial charge in [-0.05, 0) is 30.7 Å². The largest absolute Gasteiger partial charge is 0.477 e. The van der Waals surface area contributed by atoms with Crippen LogP contribution in [0.5, 0.6) is 0 Å². The number of thioether (sulfide) groups is 1. The Bertz CT molecular complexity index is 1250. The van der Waals surface area contributed by atoms with Gasteiger partial charge in [-0.25, -0.2) is 14.4 Å². The first-order chi connectivity index (χ1) is 16.2. The summed E-state index contributed by atoms with van der Waals surface area (Å²) in [7, 11) is 0. The number of nitrogen functional groups attached to an aromatic ring is 1. The van der Waals surface area contributed by atoms with Gasteiger partial charge < -0.3 is 32.1 Å². The minimum Gasteiger partial charge on any atom is -0.477 e. The number of hydrogen-bond donors (Lipinski definition) is 5. The van der Waals surface area contributed by atoms with Crippen LogP contribution in [-0.4, -0.2) is 67.7 Å². The molecule has 3 aliphatic heterocycles. The summed E-state index contributed by atoms with van der Waals surface area (Å²) in [5.41, 5.74) is 11.6. The number of aromatic nitrogens is 2. The third kappa shape index (κ3) is 3.67. The summed E-state index contributed by atoms with van der Waals surface area (Å²) < 4.78 is 0.482. The Morgan fingerprint density at radius 3 is 2.41 bits per heavy atom. The highest BCUT2D eigenvalue weighted by molar-refractivity contribution is 8.04. The molecule has 2 fully saturated rings. The number of amides is 5. The molecular formula is C19H18N8O5S2. The molecule has 2 aromatic rings. The van der Waals surface area contributed by atoms with Crippen molar-refractivity contribution in [2.75, 3.05) is 22.9 Å². The number of nitrogens with two attached hydrogens (primary N) is 2. The summed E-state index contributed by atoms with van der Waals surface area (Å²) in [5, 5.41) is 22.9. The maximum absolute atomic E-state index is 13.0. The summed E-state index contributed by atoms with van der Waals surface area (Å²) in [6.45, 7) is 0.292. The highest BCUT2D eigenvalue weighted by Gasteiger charge is 2.64. The highest BCUT2D eigenvalue weighted by Crippen LogP contribution is 2.50. The zero-order valence-corrected chi connectivity index (χ0v) is 18.9. The van der Waals surface area contributed by atoms with Crippen LogP contribution in [0.25, 0.3) is 0 Å². The number of carboxylic acid groups (broad SMARTS) is 1. The van der Waals surface area contributed by atoms with Gasteiger partial charge in [0.15, 0.2) is 4.34 Å². The van der Waals surface area contributed by atoms with Crippen molar-refractivity contribution >= 4 is 63.5 Å². The number of carbonyl (C=O) groups is 4. The second kappa shape index (κ2) is 8.18. The predicted octanol–water partition coefficient (Wildman–Crippen LogP) is 1.15. The first-order valence-corrected chi connectivity index (χ1v) is 11.7. The maximum Gasteiger partial charge on any atom is 0.353 e. The number of carboxylic acids is 1. The Balaban J connectivity index is 1.33. The first kappa shape index (κ1) is 22.0. The van der Waals surface area contributed by atoms with Gasteiger partial charge in [-0.3, -0.25) is 9.69 Å². The molecule has 2 saturated heterocycles. The van der Waals surface area contributed by atoms with Gasteiger partial charge in [0.2, 0.25) is 5.13 Å². The van der Waals surface area contributed by atoms with Gasteiger partial charge in [-0.15, -0.1) is 10.2 Å². The van der Waals surface area contributed by atoms with Crippen molar-refractivity contribution in [3.63, 3.8) is 0 Å². The topological polar surface area (TPSA) is 197 Å². The van der Waals surface area contributed by atoms with Crippen LogP contribution >= 0.6 is 23.1 Å². The monoisotopic (exact) mass is 502 g/mol. The molecule has 34 heavy (non-hydrogen) atoms. The third-order valence-electron chi connectivity index (χ3n) is 5.81.